The Hall–Kier alpha value is -0.770. The van der Waals surface area contributed by atoms with Crippen LogP contribution >= 0.6 is 0 Å². The van der Waals surface area contributed by atoms with Gasteiger partial charge in [-0.3, -0.25) is 0 Å². The van der Waals surface area contributed by atoms with Gasteiger partial charge in [-0.05, 0) is 19.3 Å². The van der Waals surface area contributed by atoms with Crippen LogP contribution < -0.4 is 0 Å². The lowest BCUT2D eigenvalue weighted by Gasteiger charge is -2.15. The first-order valence-electron chi connectivity index (χ1n) is 4.86. The van der Waals surface area contributed by atoms with Crippen LogP contribution in [0.25, 0.3) is 0 Å². The average molecular weight is 186 g/mol. The molecule has 0 bridgehead atoms. The van der Waals surface area contributed by atoms with E-state index >= 15 is 0 Å². The third kappa shape index (κ3) is 2.88. The summed E-state index contributed by atoms with van der Waals surface area (Å²) in [7, 11) is 1.83. The summed E-state index contributed by atoms with van der Waals surface area (Å²) >= 11 is 0. The van der Waals surface area contributed by atoms with Crippen LogP contribution in [0.3, 0.4) is 0 Å². The number of likely N-dealkylation sites (N-methyl/N-ethyl adjacent to an activating group) is 1. The van der Waals surface area contributed by atoms with Gasteiger partial charge in [-0.1, -0.05) is 0 Å². The third-order valence-corrected chi connectivity index (χ3v) is 2.39. The van der Waals surface area contributed by atoms with E-state index in [1.54, 1.807) is 4.90 Å². The van der Waals surface area contributed by atoms with Crippen molar-refractivity contribution in [1.82, 2.24) is 9.80 Å². The van der Waals surface area contributed by atoms with Crippen LogP contribution in [-0.4, -0.2) is 54.2 Å². The normalized spacial score (nSPS) is 17.2. The van der Waals surface area contributed by atoms with E-state index in [9.17, 15) is 4.79 Å². The molecule has 0 radical (unpaired) electrons. The van der Waals surface area contributed by atoms with Gasteiger partial charge in [-0.25, -0.2) is 4.79 Å². The molecule has 1 saturated heterocycles. The SMILES string of the molecule is CN1CCN(CCCCCO)C1=O. The fraction of sp³-hybridized carbons (Fsp3) is 0.889. The van der Waals surface area contributed by atoms with Gasteiger partial charge >= 0.3 is 6.03 Å². The molecule has 76 valence electrons. The predicted octanol–water partition coefficient (Wildman–Crippen LogP) is 0.516. The second-order valence-corrected chi connectivity index (χ2v) is 3.48. The number of carbonyl (C=O) groups is 1. The molecule has 4 heteroatoms. The smallest absolute Gasteiger partial charge is 0.319 e. The van der Waals surface area contributed by atoms with E-state index in [0.717, 1.165) is 38.9 Å². The van der Waals surface area contributed by atoms with Gasteiger partial charge in [0, 0.05) is 33.3 Å². The minimum Gasteiger partial charge on any atom is -0.396 e. The van der Waals surface area contributed by atoms with Crippen molar-refractivity contribution in [2.45, 2.75) is 19.3 Å². The lowest BCUT2D eigenvalue weighted by molar-refractivity contribution is 0.197. The summed E-state index contributed by atoms with van der Waals surface area (Å²) in [5, 5.41) is 8.56. The Morgan fingerprint density at radius 3 is 2.62 bits per heavy atom. The predicted molar refractivity (Wildman–Crippen MR) is 50.5 cm³/mol. The number of nitrogens with zero attached hydrogens (tertiary/aromatic N) is 2. The van der Waals surface area contributed by atoms with Crippen LogP contribution in [0.1, 0.15) is 19.3 Å². The number of hydrogen-bond acceptors (Lipinski definition) is 2. The Labute approximate surface area is 79.1 Å². The van der Waals surface area contributed by atoms with Gasteiger partial charge in [0.25, 0.3) is 0 Å². The number of aliphatic hydroxyl groups excluding tert-OH is 1. The van der Waals surface area contributed by atoms with Crippen LogP contribution in [0.5, 0.6) is 0 Å². The highest BCUT2D eigenvalue weighted by atomic mass is 16.2. The first-order chi connectivity index (χ1) is 6.25. The van der Waals surface area contributed by atoms with E-state index in [1.807, 2.05) is 11.9 Å². The number of aliphatic hydroxyl groups is 1. The molecule has 4 nitrogen and oxygen atoms in total. The van der Waals surface area contributed by atoms with Gasteiger partial charge in [-0.2, -0.15) is 0 Å². The zero-order valence-corrected chi connectivity index (χ0v) is 8.20. The number of urea groups is 1. The van der Waals surface area contributed by atoms with E-state index < -0.39 is 0 Å². The summed E-state index contributed by atoms with van der Waals surface area (Å²) in [6.07, 6.45) is 2.85. The van der Waals surface area contributed by atoms with Crippen molar-refractivity contribution < 1.29 is 9.90 Å². The maximum atomic E-state index is 11.4. The van der Waals surface area contributed by atoms with Crippen molar-refractivity contribution >= 4 is 6.03 Å². The van der Waals surface area contributed by atoms with Crippen molar-refractivity contribution in [1.29, 1.82) is 0 Å². The molecule has 1 fully saturated rings. The minimum atomic E-state index is 0.143. The molecular formula is C9H18N2O2. The van der Waals surface area contributed by atoms with E-state index in [-0.39, 0.29) is 12.6 Å². The molecule has 0 atom stereocenters. The Bertz CT molecular complexity index is 173. The maximum absolute atomic E-state index is 11.4. The van der Waals surface area contributed by atoms with E-state index in [1.165, 1.54) is 0 Å². The lowest BCUT2D eigenvalue weighted by Crippen LogP contribution is -2.30. The topological polar surface area (TPSA) is 43.8 Å². The number of unbranched alkanes of at least 4 members (excludes halogenated alkanes) is 2. The monoisotopic (exact) mass is 186 g/mol. The summed E-state index contributed by atoms with van der Waals surface area (Å²) in [6.45, 7) is 2.80. The Morgan fingerprint density at radius 2 is 2.08 bits per heavy atom. The minimum absolute atomic E-state index is 0.143. The largest absolute Gasteiger partial charge is 0.396 e. The molecule has 0 aromatic carbocycles. The maximum Gasteiger partial charge on any atom is 0.319 e. The summed E-state index contributed by atoms with van der Waals surface area (Å²) in [5.74, 6) is 0. The van der Waals surface area contributed by atoms with Crippen molar-refractivity contribution in [3.63, 3.8) is 0 Å². The summed E-state index contributed by atoms with van der Waals surface area (Å²) in [4.78, 5) is 15.0. The molecule has 0 spiro atoms. The zero-order valence-electron chi connectivity index (χ0n) is 8.20. The Morgan fingerprint density at radius 1 is 1.31 bits per heavy atom. The van der Waals surface area contributed by atoms with Crippen LogP contribution in [0, 0.1) is 0 Å². The average Bonchev–Trinajstić information content (AvgIpc) is 2.43. The fourth-order valence-electron chi connectivity index (χ4n) is 1.50. The number of hydrogen-bond donors (Lipinski definition) is 1. The highest BCUT2D eigenvalue weighted by Crippen LogP contribution is 2.07. The first-order valence-corrected chi connectivity index (χ1v) is 4.86. The van der Waals surface area contributed by atoms with Crippen LogP contribution in [-0.2, 0) is 0 Å². The van der Waals surface area contributed by atoms with Gasteiger partial charge in [0.1, 0.15) is 0 Å². The van der Waals surface area contributed by atoms with Gasteiger partial charge in [-0.15, -0.1) is 0 Å². The molecule has 1 aliphatic heterocycles. The quantitative estimate of drug-likeness (QED) is 0.636. The second kappa shape index (κ2) is 5.07. The van der Waals surface area contributed by atoms with Crippen molar-refractivity contribution in [2.75, 3.05) is 33.3 Å². The molecule has 1 aliphatic rings. The molecule has 1 rings (SSSR count). The standard InChI is InChI=1S/C9H18N2O2/c1-10-6-7-11(9(10)13)5-3-2-4-8-12/h12H,2-8H2,1H3. The molecule has 2 amide bonds. The molecule has 0 aliphatic carbocycles. The van der Waals surface area contributed by atoms with Crippen LogP contribution in [0.15, 0.2) is 0 Å². The van der Waals surface area contributed by atoms with Gasteiger partial charge in [0.15, 0.2) is 0 Å². The molecule has 13 heavy (non-hydrogen) atoms. The highest BCUT2D eigenvalue weighted by Gasteiger charge is 2.23. The summed E-state index contributed by atoms with van der Waals surface area (Å²) in [6, 6.07) is 0.143. The van der Waals surface area contributed by atoms with E-state index in [4.69, 9.17) is 5.11 Å². The molecule has 0 saturated carbocycles. The highest BCUT2D eigenvalue weighted by molar-refractivity contribution is 5.76. The second-order valence-electron chi connectivity index (χ2n) is 3.48. The molecule has 0 aromatic rings. The molecule has 0 aromatic heterocycles. The van der Waals surface area contributed by atoms with Gasteiger partial charge in [0.05, 0.1) is 0 Å². The number of carbonyl (C=O) groups excluding carboxylic acids is 1. The molecular weight excluding hydrogens is 168 g/mol. The van der Waals surface area contributed by atoms with Crippen LogP contribution in [0.4, 0.5) is 4.79 Å². The van der Waals surface area contributed by atoms with Crippen molar-refractivity contribution in [2.24, 2.45) is 0 Å². The third-order valence-electron chi connectivity index (χ3n) is 2.39. The van der Waals surface area contributed by atoms with Crippen molar-refractivity contribution in [3.8, 4) is 0 Å². The first kappa shape index (κ1) is 10.3. The fourth-order valence-corrected chi connectivity index (χ4v) is 1.50. The van der Waals surface area contributed by atoms with Gasteiger partial charge in [0.2, 0.25) is 0 Å². The molecule has 0 unspecified atom stereocenters. The zero-order chi connectivity index (χ0) is 9.68. The Kier molecular flexibility index (Phi) is 4.02. The lowest BCUT2D eigenvalue weighted by atomic mass is 10.2. The van der Waals surface area contributed by atoms with E-state index in [0.29, 0.717) is 0 Å². The van der Waals surface area contributed by atoms with Crippen LogP contribution in [0.2, 0.25) is 0 Å². The van der Waals surface area contributed by atoms with Gasteiger partial charge < -0.3 is 14.9 Å². The number of amides is 2. The molecule has 1 N–H and O–H groups in total. The van der Waals surface area contributed by atoms with E-state index in [2.05, 4.69) is 0 Å². The number of rotatable bonds is 5. The van der Waals surface area contributed by atoms with Crippen molar-refractivity contribution in [3.05, 3.63) is 0 Å². The molecule has 1 heterocycles. The Balaban J connectivity index is 2.12. The summed E-state index contributed by atoms with van der Waals surface area (Å²) in [5.41, 5.74) is 0. The summed E-state index contributed by atoms with van der Waals surface area (Å²) < 4.78 is 0.